The molecule has 5 nitrogen and oxygen atoms in total. The minimum absolute atomic E-state index is 0.0381. The third-order valence-corrected chi connectivity index (χ3v) is 4.67. The highest BCUT2D eigenvalue weighted by Crippen LogP contribution is 2.25. The van der Waals surface area contributed by atoms with Crippen LogP contribution in [0.25, 0.3) is 6.08 Å². The van der Waals surface area contributed by atoms with Crippen LogP contribution in [0.5, 0.6) is 0 Å². The zero-order valence-electron chi connectivity index (χ0n) is 14.2. The molecule has 1 saturated heterocycles. The number of hydrogen-bond acceptors (Lipinski definition) is 4. The van der Waals surface area contributed by atoms with Crippen molar-refractivity contribution in [3.8, 4) is 0 Å². The molecule has 0 aliphatic carbocycles. The topological polar surface area (TPSA) is 52.7 Å². The summed E-state index contributed by atoms with van der Waals surface area (Å²) in [5, 5.41) is 2.65. The Kier molecular flexibility index (Phi) is 5.20. The zero-order chi connectivity index (χ0) is 18.8. The summed E-state index contributed by atoms with van der Waals surface area (Å²) >= 11 is 8.58. The zero-order valence-corrected chi connectivity index (χ0v) is 16.6. The van der Waals surface area contributed by atoms with E-state index in [9.17, 15) is 9.59 Å². The van der Waals surface area contributed by atoms with Crippen LogP contribution in [-0.2, 0) is 9.59 Å². The maximum Gasteiger partial charge on any atom is 0.270 e. The number of hydrogen-bond donors (Lipinski definition) is 1. The third kappa shape index (κ3) is 3.68. The van der Waals surface area contributed by atoms with E-state index in [0.29, 0.717) is 5.69 Å². The number of amides is 2. The van der Waals surface area contributed by atoms with Crippen LogP contribution in [0.2, 0.25) is 0 Å². The van der Waals surface area contributed by atoms with Crippen LogP contribution in [-0.4, -0.2) is 31.0 Å². The molecule has 2 aromatic rings. The lowest BCUT2D eigenvalue weighted by molar-refractivity contribution is -0.122. The Hall–Kier alpha value is -2.51. The monoisotopic (exact) mass is 429 g/mol. The maximum atomic E-state index is 12.9. The van der Waals surface area contributed by atoms with Crippen molar-refractivity contribution in [1.29, 1.82) is 0 Å². The molecule has 1 heterocycles. The molecule has 2 aromatic carbocycles. The van der Waals surface area contributed by atoms with Crippen molar-refractivity contribution in [2.45, 2.75) is 0 Å². The van der Waals surface area contributed by atoms with Crippen LogP contribution in [0.1, 0.15) is 5.56 Å². The summed E-state index contributed by atoms with van der Waals surface area (Å²) in [4.78, 5) is 28.5. The number of carbonyl (C=O) groups is 2. The van der Waals surface area contributed by atoms with Gasteiger partial charge in [0.2, 0.25) is 0 Å². The number of anilines is 2. The van der Waals surface area contributed by atoms with Crippen molar-refractivity contribution in [3.63, 3.8) is 0 Å². The van der Waals surface area contributed by atoms with E-state index < -0.39 is 11.8 Å². The van der Waals surface area contributed by atoms with Crippen LogP contribution in [0, 0.1) is 0 Å². The van der Waals surface area contributed by atoms with Gasteiger partial charge < -0.3 is 4.90 Å². The Labute approximate surface area is 165 Å². The van der Waals surface area contributed by atoms with Crippen LogP contribution in [0.3, 0.4) is 0 Å². The van der Waals surface area contributed by atoms with Gasteiger partial charge in [-0.3, -0.25) is 19.8 Å². The molecule has 3 rings (SSSR count). The standard InChI is InChI=1S/C19H16BrN3O2S/c1-22(2)14-8-6-12(7-9-14)10-16-17(24)21-19(26)23(18(16)25)15-5-3-4-13(20)11-15/h3-11H,1-2H3,(H,21,24,26)/b16-10+. The number of halogens is 1. The smallest absolute Gasteiger partial charge is 0.270 e. The fourth-order valence-electron chi connectivity index (χ4n) is 2.54. The van der Waals surface area contributed by atoms with Crippen LogP contribution >= 0.6 is 28.1 Å². The quantitative estimate of drug-likeness (QED) is 0.461. The lowest BCUT2D eigenvalue weighted by Gasteiger charge is -2.29. The first-order valence-electron chi connectivity index (χ1n) is 7.81. The molecule has 1 aliphatic rings. The molecular weight excluding hydrogens is 414 g/mol. The summed E-state index contributed by atoms with van der Waals surface area (Å²) in [6.45, 7) is 0. The van der Waals surface area contributed by atoms with E-state index in [0.717, 1.165) is 15.7 Å². The first-order valence-corrected chi connectivity index (χ1v) is 9.01. The molecule has 0 unspecified atom stereocenters. The molecule has 132 valence electrons. The van der Waals surface area contributed by atoms with E-state index in [2.05, 4.69) is 21.2 Å². The first kappa shape index (κ1) is 18.3. The molecule has 1 aliphatic heterocycles. The highest BCUT2D eigenvalue weighted by Gasteiger charge is 2.34. The van der Waals surface area contributed by atoms with Crippen molar-refractivity contribution in [3.05, 3.63) is 64.1 Å². The second-order valence-electron chi connectivity index (χ2n) is 5.92. The van der Waals surface area contributed by atoms with Crippen LogP contribution < -0.4 is 15.1 Å². The minimum atomic E-state index is -0.497. The largest absolute Gasteiger partial charge is 0.378 e. The molecule has 2 amide bonds. The van der Waals surface area contributed by atoms with Crippen molar-refractivity contribution in [2.24, 2.45) is 0 Å². The van der Waals surface area contributed by atoms with Gasteiger partial charge in [-0.15, -0.1) is 0 Å². The van der Waals surface area contributed by atoms with Gasteiger partial charge in [0.15, 0.2) is 5.11 Å². The average Bonchev–Trinajstić information content (AvgIpc) is 2.59. The normalized spacial score (nSPS) is 16.0. The summed E-state index contributed by atoms with van der Waals surface area (Å²) in [6.07, 6.45) is 1.57. The molecule has 0 atom stereocenters. The maximum absolute atomic E-state index is 12.9. The van der Waals surface area contributed by atoms with Crippen molar-refractivity contribution in [1.82, 2.24) is 5.32 Å². The van der Waals surface area contributed by atoms with Gasteiger partial charge in [0.05, 0.1) is 5.69 Å². The lowest BCUT2D eigenvalue weighted by atomic mass is 10.1. The highest BCUT2D eigenvalue weighted by molar-refractivity contribution is 9.10. The molecule has 0 radical (unpaired) electrons. The number of nitrogens with one attached hydrogen (secondary N) is 1. The van der Waals surface area contributed by atoms with Crippen molar-refractivity contribution in [2.75, 3.05) is 23.9 Å². The van der Waals surface area contributed by atoms with E-state index >= 15 is 0 Å². The Morgan fingerprint density at radius 1 is 1.12 bits per heavy atom. The van der Waals surface area contributed by atoms with Crippen molar-refractivity contribution < 1.29 is 9.59 Å². The van der Waals surface area contributed by atoms with E-state index in [1.165, 1.54) is 4.90 Å². The first-order chi connectivity index (χ1) is 12.4. The summed E-state index contributed by atoms with van der Waals surface area (Å²) in [5.41, 5.74) is 2.42. The Bertz CT molecular complexity index is 923. The molecule has 26 heavy (non-hydrogen) atoms. The molecule has 0 saturated carbocycles. The predicted octanol–water partition coefficient (Wildman–Crippen LogP) is 3.35. The third-order valence-electron chi connectivity index (χ3n) is 3.89. The number of rotatable bonds is 3. The molecular formula is C19H16BrN3O2S. The Morgan fingerprint density at radius 2 is 1.81 bits per heavy atom. The van der Waals surface area contributed by atoms with Gasteiger partial charge >= 0.3 is 0 Å². The van der Waals surface area contributed by atoms with Gasteiger partial charge in [-0.2, -0.15) is 0 Å². The predicted molar refractivity (Wildman–Crippen MR) is 111 cm³/mol. The number of carbonyl (C=O) groups excluding carboxylic acids is 2. The minimum Gasteiger partial charge on any atom is -0.378 e. The summed E-state index contributed by atoms with van der Waals surface area (Å²) < 4.78 is 0.812. The Balaban J connectivity index is 1.97. The van der Waals surface area contributed by atoms with Gasteiger partial charge in [0, 0.05) is 24.3 Å². The van der Waals surface area contributed by atoms with Crippen LogP contribution in [0.4, 0.5) is 11.4 Å². The highest BCUT2D eigenvalue weighted by atomic mass is 79.9. The van der Waals surface area contributed by atoms with E-state index in [-0.39, 0.29) is 10.7 Å². The number of thiocarbonyl (C=S) groups is 1. The summed E-state index contributed by atoms with van der Waals surface area (Å²) in [7, 11) is 3.89. The average molecular weight is 430 g/mol. The fraction of sp³-hybridized carbons (Fsp3) is 0.105. The molecule has 0 aromatic heterocycles. The van der Waals surface area contributed by atoms with Gasteiger partial charge in [-0.1, -0.05) is 34.1 Å². The Morgan fingerprint density at radius 3 is 2.42 bits per heavy atom. The van der Waals surface area contributed by atoms with Crippen LogP contribution in [0.15, 0.2) is 58.6 Å². The molecule has 1 N–H and O–H groups in total. The van der Waals surface area contributed by atoms with Gasteiger partial charge in [0.1, 0.15) is 5.57 Å². The van der Waals surface area contributed by atoms with Gasteiger partial charge in [0.25, 0.3) is 11.8 Å². The van der Waals surface area contributed by atoms with E-state index in [1.807, 2.05) is 49.3 Å². The van der Waals surface area contributed by atoms with Gasteiger partial charge in [-0.25, -0.2) is 0 Å². The number of benzene rings is 2. The summed E-state index contributed by atoms with van der Waals surface area (Å²) in [6, 6.07) is 14.7. The molecule has 0 bridgehead atoms. The van der Waals surface area contributed by atoms with Crippen molar-refractivity contribution >= 4 is 62.5 Å². The van der Waals surface area contributed by atoms with Gasteiger partial charge in [-0.05, 0) is 54.2 Å². The number of nitrogens with zero attached hydrogens (tertiary/aromatic N) is 2. The van der Waals surface area contributed by atoms with E-state index in [4.69, 9.17) is 12.2 Å². The second-order valence-corrected chi connectivity index (χ2v) is 7.23. The fourth-order valence-corrected chi connectivity index (χ4v) is 3.21. The second kappa shape index (κ2) is 7.39. The lowest BCUT2D eigenvalue weighted by Crippen LogP contribution is -2.54. The molecule has 7 heteroatoms. The molecule has 0 spiro atoms. The molecule has 1 fully saturated rings. The SMILES string of the molecule is CN(C)c1ccc(/C=C2\C(=O)NC(=S)N(c3cccc(Br)c3)C2=O)cc1. The summed E-state index contributed by atoms with van der Waals surface area (Å²) in [5.74, 6) is -0.948. The van der Waals surface area contributed by atoms with E-state index in [1.54, 1.807) is 24.3 Å².